The third kappa shape index (κ3) is 9.65. The lowest BCUT2D eigenvalue weighted by atomic mass is 10.1. The number of hydrogen-bond donors (Lipinski definition) is 3. The monoisotopic (exact) mass is 268 g/mol. The summed E-state index contributed by atoms with van der Waals surface area (Å²) in [5.74, 6) is 1.14. The van der Waals surface area contributed by atoms with Crippen LogP contribution in [0.15, 0.2) is 0 Å². The highest BCUT2D eigenvalue weighted by molar-refractivity contribution is 5.94. The molecule has 6 nitrogen and oxygen atoms in total. The second-order valence-corrected chi connectivity index (χ2v) is 4.14. The van der Waals surface area contributed by atoms with E-state index in [-0.39, 0.29) is 18.9 Å². The number of carbonyl (C=O) groups excluding carboxylic acids is 2. The summed E-state index contributed by atoms with van der Waals surface area (Å²) in [6.45, 7) is 1.88. The number of carboxylic acids is 1. The van der Waals surface area contributed by atoms with E-state index >= 15 is 0 Å². The molecule has 0 aliphatic carbocycles. The summed E-state index contributed by atoms with van der Waals surface area (Å²) < 4.78 is 0. The van der Waals surface area contributed by atoms with Crippen LogP contribution >= 0.6 is 0 Å². The number of urea groups is 1. The van der Waals surface area contributed by atoms with Gasteiger partial charge >= 0.3 is 12.0 Å². The third-order valence-corrected chi connectivity index (χ3v) is 2.49. The Bertz CT molecular complexity index is 360. The second kappa shape index (κ2) is 9.95. The maximum absolute atomic E-state index is 11.4. The number of unbranched alkanes of at least 4 members (excludes halogenated alkanes) is 1. The number of rotatable bonds is 8. The molecule has 106 valence electrons. The van der Waals surface area contributed by atoms with E-state index < -0.39 is 17.9 Å². The molecule has 0 aliphatic heterocycles. The normalized spacial score (nSPS) is 11.2. The zero-order valence-electron chi connectivity index (χ0n) is 11.1. The molecule has 3 N–H and O–H groups in total. The van der Waals surface area contributed by atoms with Crippen LogP contribution in [0, 0.1) is 12.3 Å². The Morgan fingerprint density at radius 1 is 1.26 bits per heavy atom. The van der Waals surface area contributed by atoms with Crippen molar-refractivity contribution in [2.24, 2.45) is 0 Å². The predicted molar refractivity (Wildman–Crippen MR) is 70.3 cm³/mol. The van der Waals surface area contributed by atoms with E-state index in [1.165, 1.54) is 0 Å². The Labute approximate surface area is 112 Å². The van der Waals surface area contributed by atoms with Crippen LogP contribution in [-0.2, 0) is 9.59 Å². The van der Waals surface area contributed by atoms with Crippen LogP contribution in [0.4, 0.5) is 4.79 Å². The zero-order chi connectivity index (χ0) is 14.7. The Kier molecular flexibility index (Phi) is 8.88. The van der Waals surface area contributed by atoms with Crippen molar-refractivity contribution in [2.75, 3.05) is 0 Å². The van der Waals surface area contributed by atoms with E-state index in [4.69, 9.17) is 11.5 Å². The number of carbonyl (C=O) groups is 3. The molecule has 0 radical (unpaired) electrons. The fourth-order valence-corrected chi connectivity index (χ4v) is 1.41. The average Bonchev–Trinajstić information content (AvgIpc) is 2.33. The van der Waals surface area contributed by atoms with Crippen molar-refractivity contribution in [1.29, 1.82) is 0 Å². The van der Waals surface area contributed by atoms with Gasteiger partial charge in [-0.2, -0.15) is 0 Å². The lowest BCUT2D eigenvalue weighted by Gasteiger charge is -2.14. The molecule has 0 aliphatic rings. The molecule has 3 amide bonds. The molecule has 0 bridgehead atoms. The first-order valence-corrected chi connectivity index (χ1v) is 6.25. The quantitative estimate of drug-likeness (QED) is 0.456. The average molecular weight is 268 g/mol. The predicted octanol–water partition coefficient (Wildman–Crippen LogP) is 1.26. The molecule has 0 saturated carbocycles. The van der Waals surface area contributed by atoms with Gasteiger partial charge in [-0.25, -0.2) is 4.79 Å². The van der Waals surface area contributed by atoms with Crippen molar-refractivity contribution >= 4 is 17.9 Å². The summed E-state index contributed by atoms with van der Waals surface area (Å²) in [6, 6.07) is -0.713. The molecule has 1 atom stereocenters. The Hall–Kier alpha value is -2.03. The molecule has 0 heterocycles. The van der Waals surface area contributed by atoms with Gasteiger partial charge in [0.2, 0.25) is 5.91 Å². The number of imide groups is 1. The molecule has 0 fully saturated rings. The van der Waals surface area contributed by atoms with Crippen LogP contribution in [0.1, 0.15) is 45.4 Å². The Morgan fingerprint density at radius 2 is 1.89 bits per heavy atom. The van der Waals surface area contributed by atoms with Crippen LogP contribution in [0.25, 0.3) is 0 Å². The first-order chi connectivity index (χ1) is 8.99. The first-order valence-electron chi connectivity index (χ1n) is 6.25. The summed E-state index contributed by atoms with van der Waals surface area (Å²) in [5, 5.41) is 13.2. The molecular formula is C13H20N2O4. The van der Waals surface area contributed by atoms with Crippen LogP contribution in [0.5, 0.6) is 0 Å². The van der Waals surface area contributed by atoms with Gasteiger partial charge < -0.3 is 10.4 Å². The van der Waals surface area contributed by atoms with Gasteiger partial charge in [0.05, 0.1) is 0 Å². The molecule has 0 saturated heterocycles. The molecule has 0 aromatic carbocycles. The van der Waals surface area contributed by atoms with Gasteiger partial charge in [-0.3, -0.25) is 14.9 Å². The van der Waals surface area contributed by atoms with Crippen LogP contribution < -0.4 is 10.6 Å². The van der Waals surface area contributed by atoms with Crippen molar-refractivity contribution < 1.29 is 19.5 Å². The van der Waals surface area contributed by atoms with Gasteiger partial charge in [0, 0.05) is 25.3 Å². The van der Waals surface area contributed by atoms with Gasteiger partial charge in [0.25, 0.3) is 0 Å². The van der Waals surface area contributed by atoms with Crippen molar-refractivity contribution in [2.45, 2.75) is 51.5 Å². The molecule has 1 unspecified atom stereocenters. The van der Waals surface area contributed by atoms with E-state index in [1.54, 1.807) is 0 Å². The van der Waals surface area contributed by atoms with E-state index in [9.17, 15) is 14.4 Å². The molecule has 0 aromatic heterocycles. The van der Waals surface area contributed by atoms with Crippen LogP contribution in [0.2, 0.25) is 0 Å². The zero-order valence-corrected chi connectivity index (χ0v) is 11.1. The van der Waals surface area contributed by atoms with Gasteiger partial charge in [0.1, 0.15) is 0 Å². The van der Waals surface area contributed by atoms with Gasteiger partial charge in [0.15, 0.2) is 0 Å². The Balaban J connectivity index is 3.83. The highest BCUT2D eigenvalue weighted by atomic mass is 16.4. The third-order valence-electron chi connectivity index (χ3n) is 2.49. The van der Waals surface area contributed by atoms with Crippen LogP contribution in [-0.4, -0.2) is 29.1 Å². The summed E-state index contributed by atoms with van der Waals surface area (Å²) in [5.41, 5.74) is 0. The number of nitrogens with one attached hydrogen (secondary N) is 2. The van der Waals surface area contributed by atoms with Crippen molar-refractivity contribution in [3.05, 3.63) is 0 Å². The molecule has 6 heteroatoms. The molecule has 0 aromatic rings. The van der Waals surface area contributed by atoms with Gasteiger partial charge in [-0.1, -0.05) is 6.92 Å². The molecule has 0 spiro atoms. The van der Waals surface area contributed by atoms with Gasteiger partial charge in [-0.15, -0.1) is 12.3 Å². The standard InChI is InChI=1S/C13H20N2O4/c1-3-7-10(4-2)14-13(19)15-11(16)8-5-6-9-12(17)18/h1,10H,4-9H2,2H3,(H,17,18)(H2,14,15,16,19). The maximum atomic E-state index is 11.4. The minimum Gasteiger partial charge on any atom is -0.481 e. The summed E-state index contributed by atoms with van der Waals surface area (Å²) in [4.78, 5) is 33.1. The van der Waals surface area contributed by atoms with E-state index in [2.05, 4.69) is 16.6 Å². The van der Waals surface area contributed by atoms with E-state index in [0.717, 1.165) is 0 Å². The Morgan fingerprint density at radius 3 is 2.42 bits per heavy atom. The fraction of sp³-hybridized carbons (Fsp3) is 0.615. The minimum absolute atomic E-state index is 0.0273. The van der Waals surface area contributed by atoms with Crippen LogP contribution in [0.3, 0.4) is 0 Å². The smallest absolute Gasteiger partial charge is 0.321 e. The summed E-state index contributed by atoms with van der Waals surface area (Å²) in [7, 11) is 0. The lowest BCUT2D eigenvalue weighted by molar-refractivity contribution is -0.137. The highest BCUT2D eigenvalue weighted by Crippen LogP contribution is 2.00. The summed E-state index contributed by atoms with van der Waals surface area (Å²) >= 11 is 0. The molecular weight excluding hydrogens is 248 g/mol. The van der Waals surface area contributed by atoms with E-state index in [0.29, 0.717) is 25.7 Å². The van der Waals surface area contributed by atoms with E-state index in [1.807, 2.05) is 6.92 Å². The SMILES string of the molecule is C#CCC(CC)NC(=O)NC(=O)CCCCC(=O)O. The molecule has 19 heavy (non-hydrogen) atoms. The number of hydrogen-bond acceptors (Lipinski definition) is 3. The largest absolute Gasteiger partial charge is 0.481 e. The molecule has 0 rings (SSSR count). The first kappa shape index (κ1) is 17.0. The maximum Gasteiger partial charge on any atom is 0.321 e. The topological polar surface area (TPSA) is 95.5 Å². The second-order valence-electron chi connectivity index (χ2n) is 4.14. The summed E-state index contributed by atoms with van der Waals surface area (Å²) in [6.07, 6.45) is 7.26. The fourth-order valence-electron chi connectivity index (χ4n) is 1.41. The number of aliphatic carboxylic acids is 1. The van der Waals surface area contributed by atoms with Gasteiger partial charge in [-0.05, 0) is 19.3 Å². The minimum atomic E-state index is -0.891. The number of amides is 3. The van der Waals surface area contributed by atoms with Crippen molar-refractivity contribution in [3.8, 4) is 12.3 Å². The number of carboxylic acid groups (broad SMARTS) is 1. The lowest BCUT2D eigenvalue weighted by Crippen LogP contribution is -2.44. The number of terminal acetylenes is 1. The van der Waals surface area contributed by atoms with Crippen molar-refractivity contribution in [1.82, 2.24) is 10.6 Å². The van der Waals surface area contributed by atoms with Crippen molar-refractivity contribution in [3.63, 3.8) is 0 Å². The highest BCUT2D eigenvalue weighted by Gasteiger charge is 2.11.